The van der Waals surface area contributed by atoms with Crippen LogP contribution in [0.2, 0.25) is 5.02 Å². The van der Waals surface area contributed by atoms with Gasteiger partial charge in [0.05, 0.1) is 18.8 Å². The van der Waals surface area contributed by atoms with E-state index in [1.807, 2.05) is 37.5 Å². The molecule has 0 aliphatic carbocycles. The van der Waals surface area contributed by atoms with Gasteiger partial charge in [-0.25, -0.2) is 0 Å². The summed E-state index contributed by atoms with van der Waals surface area (Å²) in [6.45, 7) is 2.07. The van der Waals surface area contributed by atoms with Crippen molar-refractivity contribution >= 4 is 11.6 Å². The molecule has 0 saturated carbocycles. The Labute approximate surface area is 124 Å². The maximum atomic E-state index is 6.08. The molecular weight excluding hydrogens is 272 g/mol. The van der Waals surface area contributed by atoms with E-state index in [2.05, 4.69) is 23.3 Å². The third-order valence-electron chi connectivity index (χ3n) is 3.31. The normalized spacial score (nSPS) is 12.2. The van der Waals surface area contributed by atoms with Gasteiger partial charge in [-0.15, -0.1) is 0 Å². The van der Waals surface area contributed by atoms with Crippen molar-refractivity contribution < 1.29 is 4.74 Å². The maximum absolute atomic E-state index is 6.08. The molecule has 3 nitrogen and oxygen atoms in total. The van der Waals surface area contributed by atoms with Crippen molar-refractivity contribution in [1.82, 2.24) is 10.3 Å². The highest BCUT2D eigenvalue weighted by Gasteiger charge is 2.15. The average molecular weight is 291 g/mol. The first-order chi connectivity index (χ1) is 9.63. The summed E-state index contributed by atoms with van der Waals surface area (Å²) < 4.78 is 5.40. The molecule has 0 amide bonds. The van der Waals surface area contributed by atoms with Crippen molar-refractivity contribution in [3.8, 4) is 5.75 Å². The molecule has 20 heavy (non-hydrogen) atoms. The Morgan fingerprint density at radius 1 is 1.30 bits per heavy atom. The number of hydrogen-bond donors (Lipinski definition) is 1. The van der Waals surface area contributed by atoms with Crippen molar-refractivity contribution in [3.63, 3.8) is 0 Å². The van der Waals surface area contributed by atoms with Gasteiger partial charge in [0.2, 0.25) is 0 Å². The number of aromatic nitrogens is 1. The molecule has 2 aromatic rings. The third kappa shape index (κ3) is 3.50. The second-order valence-electron chi connectivity index (χ2n) is 4.76. The third-order valence-corrected chi connectivity index (χ3v) is 3.54. The first kappa shape index (κ1) is 14.8. The molecule has 1 unspecified atom stereocenters. The van der Waals surface area contributed by atoms with Crippen LogP contribution in [0.15, 0.2) is 36.5 Å². The van der Waals surface area contributed by atoms with Gasteiger partial charge >= 0.3 is 0 Å². The molecule has 106 valence electrons. The summed E-state index contributed by atoms with van der Waals surface area (Å²) in [6, 6.07) is 9.90. The van der Waals surface area contributed by atoms with Crippen LogP contribution in [-0.2, 0) is 6.42 Å². The number of likely N-dealkylation sites (N-methyl/N-ethyl adjacent to an activating group) is 1. The Morgan fingerprint density at radius 2 is 2.10 bits per heavy atom. The van der Waals surface area contributed by atoms with Gasteiger partial charge in [-0.05, 0) is 61.9 Å². The lowest BCUT2D eigenvalue weighted by molar-refractivity contribution is 0.406. The number of benzene rings is 1. The number of ether oxygens (including phenoxy) is 1. The molecule has 0 aliphatic rings. The second kappa shape index (κ2) is 6.73. The number of aryl methyl sites for hydroxylation is 1. The van der Waals surface area contributed by atoms with E-state index in [-0.39, 0.29) is 6.04 Å². The van der Waals surface area contributed by atoms with E-state index in [0.29, 0.717) is 5.02 Å². The smallest absolute Gasteiger partial charge is 0.122 e. The van der Waals surface area contributed by atoms with E-state index >= 15 is 0 Å². The second-order valence-corrected chi connectivity index (χ2v) is 5.20. The van der Waals surface area contributed by atoms with E-state index in [9.17, 15) is 0 Å². The van der Waals surface area contributed by atoms with Crippen molar-refractivity contribution in [3.05, 3.63) is 58.4 Å². The molecule has 0 fully saturated rings. The SMILES string of the molecule is CNC(Cc1cc(Cl)ccc1OC)c1cc(C)ccn1. The van der Waals surface area contributed by atoms with Gasteiger partial charge < -0.3 is 10.1 Å². The summed E-state index contributed by atoms with van der Waals surface area (Å²) in [5, 5.41) is 4.02. The van der Waals surface area contributed by atoms with E-state index in [0.717, 1.165) is 23.4 Å². The molecule has 1 aromatic carbocycles. The van der Waals surface area contributed by atoms with Crippen LogP contribution in [-0.4, -0.2) is 19.1 Å². The Bertz CT molecular complexity index is 586. The summed E-state index contributed by atoms with van der Waals surface area (Å²) in [7, 11) is 3.61. The topological polar surface area (TPSA) is 34.1 Å². The Hall–Kier alpha value is -1.58. The Kier molecular flexibility index (Phi) is 4.99. The highest BCUT2D eigenvalue weighted by atomic mass is 35.5. The van der Waals surface area contributed by atoms with Gasteiger partial charge in [0.15, 0.2) is 0 Å². The minimum atomic E-state index is 0.127. The fourth-order valence-corrected chi connectivity index (χ4v) is 2.43. The standard InChI is InChI=1S/C16H19ClN2O/c1-11-6-7-19-15(8-11)14(18-2)10-12-9-13(17)4-5-16(12)20-3/h4-9,14,18H,10H2,1-3H3. The fraction of sp³-hybridized carbons (Fsp3) is 0.312. The van der Waals surface area contributed by atoms with Gasteiger partial charge in [0.1, 0.15) is 5.75 Å². The first-order valence-corrected chi connectivity index (χ1v) is 6.94. The van der Waals surface area contributed by atoms with Crippen LogP contribution in [0.1, 0.15) is 22.9 Å². The molecule has 0 saturated heterocycles. The molecule has 0 bridgehead atoms. The summed E-state index contributed by atoms with van der Waals surface area (Å²) >= 11 is 6.08. The highest BCUT2D eigenvalue weighted by molar-refractivity contribution is 6.30. The molecule has 4 heteroatoms. The molecule has 0 radical (unpaired) electrons. The lowest BCUT2D eigenvalue weighted by Gasteiger charge is -2.18. The summed E-state index contributed by atoms with van der Waals surface area (Å²) in [5.41, 5.74) is 3.30. The summed E-state index contributed by atoms with van der Waals surface area (Å²) in [6.07, 6.45) is 2.61. The Balaban J connectivity index is 2.28. The fourth-order valence-electron chi connectivity index (χ4n) is 2.23. The molecule has 1 atom stereocenters. The van der Waals surface area contributed by atoms with E-state index in [4.69, 9.17) is 16.3 Å². The molecule has 0 aliphatic heterocycles. The largest absolute Gasteiger partial charge is 0.496 e. The van der Waals surface area contributed by atoms with Crippen LogP contribution in [0.25, 0.3) is 0 Å². The first-order valence-electron chi connectivity index (χ1n) is 6.56. The highest BCUT2D eigenvalue weighted by Crippen LogP contribution is 2.27. The van der Waals surface area contributed by atoms with Crippen LogP contribution in [0.5, 0.6) is 5.75 Å². The molecule has 1 aromatic heterocycles. The monoisotopic (exact) mass is 290 g/mol. The van der Waals surface area contributed by atoms with Crippen LogP contribution < -0.4 is 10.1 Å². The van der Waals surface area contributed by atoms with Crippen molar-refractivity contribution in [2.24, 2.45) is 0 Å². The van der Waals surface area contributed by atoms with Crippen molar-refractivity contribution in [1.29, 1.82) is 0 Å². The van der Waals surface area contributed by atoms with E-state index < -0.39 is 0 Å². The van der Waals surface area contributed by atoms with E-state index in [1.54, 1.807) is 7.11 Å². The lowest BCUT2D eigenvalue weighted by Crippen LogP contribution is -2.20. The zero-order valence-electron chi connectivity index (χ0n) is 12.0. The van der Waals surface area contributed by atoms with Crippen LogP contribution >= 0.6 is 11.6 Å². The molecule has 1 N–H and O–H groups in total. The Morgan fingerprint density at radius 3 is 2.75 bits per heavy atom. The zero-order chi connectivity index (χ0) is 14.5. The lowest BCUT2D eigenvalue weighted by atomic mass is 10.0. The van der Waals surface area contributed by atoms with Gasteiger partial charge in [0, 0.05) is 11.2 Å². The predicted molar refractivity (Wildman–Crippen MR) is 82.5 cm³/mol. The van der Waals surface area contributed by atoms with Crippen LogP contribution in [0.3, 0.4) is 0 Å². The zero-order valence-corrected chi connectivity index (χ0v) is 12.7. The maximum Gasteiger partial charge on any atom is 0.122 e. The molecule has 0 spiro atoms. The van der Waals surface area contributed by atoms with Crippen LogP contribution in [0.4, 0.5) is 0 Å². The van der Waals surface area contributed by atoms with Gasteiger partial charge in [0.25, 0.3) is 0 Å². The molecular formula is C16H19ClN2O. The van der Waals surface area contributed by atoms with E-state index in [1.165, 1.54) is 5.56 Å². The van der Waals surface area contributed by atoms with Gasteiger partial charge in [-0.2, -0.15) is 0 Å². The van der Waals surface area contributed by atoms with Crippen molar-refractivity contribution in [2.75, 3.05) is 14.2 Å². The van der Waals surface area contributed by atoms with Gasteiger partial charge in [-0.1, -0.05) is 11.6 Å². The number of rotatable bonds is 5. The predicted octanol–water partition coefficient (Wildman–Crippen LogP) is 3.56. The molecule has 1 heterocycles. The number of halogens is 1. The summed E-state index contributed by atoms with van der Waals surface area (Å²) in [4.78, 5) is 4.45. The van der Waals surface area contributed by atoms with Crippen LogP contribution in [0, 0.1) is 6.92 Å². The average Bonchev–Trinajstić information content (AvgIpc) is 2.45. The minimum Gasteiger partial charge on any atom is -0.496 e. The van der Waals surface area contributed by atoms with Crippen molar-refractivity contribution in [2.45, 2.75) is 19.4 Å². The number of nitrogens with one attached hydrogen (secondary N) is 1. The van der Waals surface area contributed by atoms with Gasteiger partial charge in [-0.3, -0.25) is 4.98 Å². The minimum absolute atomic E-state index is 0.127. The number of methoxy groups -OCH3 is 1. The number of hydrogen-bond acceptors (Lipinski definition) is 3. The quantitative estimate of drug-likeness (QED) is 0.914. The summed E-state index contributed by atoms with van der Waals surface area (Å²) in [5.74, 6) is 0.849. The number of nitrogens with zero attached hydrogens (tertiary/aromatic N) is 1. The molecule has 2 rings (SSSR count). The number of pyridine rings is 1.